The largest absolute Gasteiger partial charge is 0.150 e. The second-order valence-corrected chi connectivity index (χ2v) is 2.89. The third-order valence-corrected chi connectivity index (χ3v) is 2.03. The van der Waals surface area contributed by atoms with E-state index in [0.29, 0.717) is 0 Å². The van der Waals surface area contributed by atoms with Crippen LogP contribution >= 0.6 is 0 Å². The molecule has 0 N–H and O–H groups in total. The summed E-state index contributed by atoms with van der Waals surface area (Å²) in [6.45, 7) is 3.72. The van der Waals surface area contributed by atoms with Gasteiger partial charge < -0.3 is 0 Å². The predicted octanol–water partition coefficient (Wildman–Crippen LogP) is 3.24. The first kappa shape index (κ1) is 9.65. The number of nitrogens with zero attached hydrogens (tertiary/aromatic N) is 1. The van der Waals surface area contributed by atoms with Crippen LogP contribution in [0, 0.1) is 4.91 Å². The van der Waals surface area contributed by atoms with Crippen LogP contribution in [0.3, 0.4) is 0 Å². The standard InChI is InChI=1S/C11H13NO/c1-3-11(9(2)12-13)10-7-5-4-6-8-10/h3-9H,1-2H3. The van der Waals surface area contributed by atoms with Gasteiger partial charge in [0.2, 0.25) is 0 Å². The van der Waals surface area contributed by atoms with Crippen molar-refractivity contribution in [3.05, 3.63) is 46.9 Å². The minimum absolute atomic E-state index is 0.271. The van der Waals surface area contributed by atoms with Gasteiger partial charge in [0.15, 0.2) is 0 Å². The maximum atomic E-state index is 10.4. The van der Waals surface area contributed by atoms with Gasteiger partial charge >= 0.3 is 0 Å². The highest BCUT2D eigenvalue weighted by atomic mass is 16.3. The van der Waals surface area contributed by atoms with Crippen molar-refractivity contribution in [2.24, 2.45) is 5.18 Å². The van der Waals surface area contributed by atoms with Crippen molar-refractivity contribution in [1.82, 2.24) is 0 Å². The Hall–Kier alpha value is -1.44. The Balaban J connectivity index is 2.99. The topological polar surface area (TPSA) is 29.4 Å². The molecule has 1 aromatic carbocycles. The van der Waals surface area contributed by atoms with E-state index in [9.17, 15) is 4.91 Å². The molecule has 1 unspecified atom stereocenters. The molecule has 2 nitrogen and oxygen atoms in total. The summed E-state index contributed by atoms with van der Waals surface area (Å²) >= 11 is 0. The second-order valence-electron chi connectivity index (χ2n) is 2.89. The van der Waals surface area contributed by atoms with Crippen molar-refractivity contribution in [2.75, 3.05) is 0 Å². The SMILES string of the molecule is CC=C(c1ccccc1)C(C)N=O. The first-order valence-corrected chi connectivity index (χ1v) is 4.33. The average Bonchev–Trinajstić information content (AvgIpc) is 2.20. The first-order chi connectivity index (χ1) is 6.29. The Morgan fingerprint density at radius 1 is 1.38 bits per heavy atom. The molecule has 0 aliphatic rings. The van der Waals surface area contributed by atoms with Gasteiger partial charge in [-0.25, -0.2) is 0 Å². The average molecular weight is 175 g/mol. The van der Waals surface area contributed by atoms with Crippen LogP contribution in [0.5, 0.6) is 0 Å². The zero-order chi connectivity index (χ0) is 9.68. The van der Waals surface area contributed by atoms with Crippen LogP contribution < -0.4 is 0 Å². The molecule has 1 rings (SSSR count). The molecule has 13 heavy (non-hydrogen) atoms. The van der Waals surface area contributed by atoms with Crippen LogP contribution in [0.15, 0.2) is 41.6 Å². The van der Waals surface area contributed by atoms with Gasteiger partial charge in [0.1, 0.15) is 6.04 Å². The minimum Gasteiger partial charge on any atom is -0.150 e. The Bertz CT molecular complexity index is 303. The zero-order valence-electron chi connectivity index (χ0n) is 7.90. The molecule has 0 saturated heterocycles. The molecular formula is C11H13NO. The van der Waals surface area contributed by atoms with Gasteiger partial charge in [-0.1, -0.05) is 41.6 Å². The first-order valence-electron chi connectivity index (χ1n) is 4.33. The number of allylic oxidation sites excluding steroid dienone is 1. The molecule has 0 aromatic heterocycles. The van der Waals surface area contributed by atoms with Crippen LogP contribution in [0.2, 0.25) is 0 Å². The lowest BCUT2D eigenvalue weighted by molar-refractivity contribution is 0.934. The highest BCUT2D eigenvalue weighted by Crippen LogP contribution is 2.19. The third-order valence-electron chi connectivity index (χ3n) is 2.03. The summed E-state index contributed by atoms with van der Waals surface area (Å²) in [5, 5.41) is 3.02. The number of rotatable bonds is 3. The van der Waals surface area contributed by atoms with Gasteiger partial charge in [0.05, 0.1) is 0 Å². The number of hydrogen-bond acceptors (Lipinski definition) is 2. The van der Waals surface area contributed by atoms with E-state index in [2.05, 4.69) is 5.18 Å². The van der Waals surface area contributed by atoms with Crippen LogP contribution in [0.1, 0.15) is 19.4 Å². The lowest BCUT2D eigenvalue weighted by atomic mass is 10.0. The van der Waals surface area contributed by atoms with E-state index < -0.39 is 0 Å². The molecule has 0 radical (unpaired) electrons. The van der Waals surface area contributed by atoms with Gasteiger partial charge in [-0.15, -0.1) is 0 Å². The predicted molar refractivity (Wildman–Crippen MR) is 55.4 cm³/mol. The monoisotopic (exact) mass is 175 g/mol. The molecular weight excluding hydrogens is 162 g/mol. The number of nitroso groups, excluding NO2 is 1. The fourth-order valence-electron chi connectivity index (χ4n) is 1.34. The molecule has 1 aromatic rings. The summed E-state index contributed by atoms with van der Waals surface area (Å²) in [7, 11) is 0. The summed E-state index contributed by atoms with van der Waals surface area (Å²) in [5.74, 6) is 0. The molecule has 0 heterocycles. The second kappa shape index (κ2) is 4.55. The molecule has 0 amide bonds. The van der Waals surface area contributed by atoms with E-state index in [1.54, 1.807) is 6.92 Å². The van der Waals surface area contributed by atoms with Crippen LogP contribution in [0.4, 0.5) is 0 Å². The Kier molecular flexibility index (Phi) is 3.38. The van der Waals surface area contributed by atoms with E-state index in [-0.39, 0.29) is 6.04 Å². The summed E-state index contributed by atoms with van der Waals surface area (Å²) in [6.07, 6.45) is 1.93. The van der Waals surface area contributed by atoms with Gasteiger partial charge in [-0.2, -0.15) is 4.91 Å². The van der Waals surface area contributed by atoms with Crippen molar-refractivity contribution in [2.45, 2.75) is 19.9 Å². The number of hydrogen-bond donors (Lipinski definition) is 0. The lowest BCUT2D eigenvalue weighted by Crippen LogP contribution is -2.00. The molecule has 0 saturated carbocycles. The normalized spacial score (nSPS) is 13.8. The fourth-order valence-corrected chi connectivity index (χ4v) is 1.34. The van der Waals surface area contributed by atoms with Crippen molar-refractivity contribution in [3.63, 3.8) is 0 Å². The summed E-state index contributed by atoms with van der Waals surface area (Å²) < 4.78 is 0. The van der Waals surface area contributed by atoms with Crippen molar-refractivity contribution >= 4 is 5.57 Å². The molecule has 68 valence electrons. The van der Waals surface area contributed by atoms with Crippen LogP contribution in [-0.4, -0.2) is 6.04 Å². The van der Waals surface area contributed by atoms with E-state index in [0.717, 1.165) is 11.1 Å². The minimum atomic E-state index is -0.271. The lowest BCUT2D eigenvalue weighted by Gasteiger charge is -2.08. The van der Waals surface area contributed by atoms with E-state index in [1.165, 1.54) is 0 Å². The maximum Gasteiger partial charge on any atom is 0.114 e. The van der Waals surface area contributed by atoms with Gasteiger partial charge in [0, 0.05) is 0 Å². The fraction of sp³-hybridized carbons (Fsp3) is 0.273. The van der Waals surface area contributed by atoms with Gasteiger partial charge in [0.25, 0.3) is 0 Å². The van der Waals surface area contributed by atoms with Crippen molar-refractivity contribution in [3.8, 4) is 0 Å². The van der Waals surface area contributed by atoms with Gasteiger partial charge in [-0.05, 0) is 25.0 Å². The molecule has 0 spiro atoms. The van der Waals surface area contributed by atoms with Crippen LogP contribution in [0.25, 0.3) is 5.57 Å². The molecule has 1 atom stereocenters. The van der Waals surface area contributed by atoms with E-state index in [4.69, 9.17) is 0 Å². The van der Waals surface area contributed by atoms with Crippen LogP contribution in [-0.2, 0) is 0 Å². The number of benzene rings is 1. The summed E-state index contributed by atoms with van der Waals surface area (Å²) in [6, 6.07) is 9.56. The Morgan fingerprint density at radius 3 is 2.46 bits per heavy atom. The smallest absolute Gasteiger partial charge is 0.114 e. The van der Waals surface area contributed by atoms with E-state index in [1.807, 2.05) is 43.3 Å². The molecule has 2 heteroatoms. The molecule has 0 aliphatic carbocycles. The molecule has 0 fully saturated rings. The quantitative estimate of drug-likeness (QED) is 0.648. The molecule has 0 aliphatic heterocycles. The van der Waals surface area contributed by atoms with Crippen molar-refractivity contribution in [1.29, 1.82) is 0 Å². The third kappa shape index (κ3) is 2.25. The summed E-state index contributed by atoms with van der Waals surface area (Å²) in [4.78, 5) is 10.4. The highest BCUT2D eigenvalue weighted by Gasteiger charge is 2.08. The van der Waals surface area contributed by atoms with Gasteiger partial charge in [-0.3, -0.25) is 0 Å². The zero-order valence-corrected chi connectivity index (χ0v) is 7.90. The highest BCUT2D eigenvalue weighted by molar-refractivity contribution is 5.68. The Labute approximate surface area is 78.3 Å². The van der Waals surface area contributed by atoms with E-state index >= 15 is 0 Å². The molecule has 0 bridgehead atoms. The maximum absolute atomic E-state index is 10.4. The van der Waals surface area contributed by atoms with Crippen molar-refractivity contribution < 1.29 is 0 Å². The summed E-state index contributed by atoms with van der Waals surface area (Å²) in [5.41, 5.74) is 2.05. The Morgan fingerprint density at radius 2 is 2.00 bits per heavy atom.